The molecule has 7 heteroatoms. The summed E-state index contributed by atoms with van der Waals surface area (Å²) in [5.74, 6) is -0.167. The molecule has 0 aliphatic rings. The van der Waals surface area contributed by atoms with Gasteiger partial charge in [-0.25, -0.2) is 13.1 Å². The maximum Gasteiger partial charge on any atom is 0.167 e. The van der Waals surface area contributed by atoms with Gasteiger partial charge in [-0.05, 0) is 10.4 Å². The Morgan fingerprint density at radius 3 is 2.70 bits per heavy atom. The number of aromatic nitrogens is 4. The highest BCUT2D eigenvalue weighted by Crippen LogP contribution is 1.86. The normalized spacial score (nSPS) is 11.7. The lowest BCUT2D eigenvalue weighted by Crippen LogP contribution is -2.09. The summed E-state index contributed by atoms with van der Waals surface area (Å²) in [7, 11) is -3.03. The Bertz CT molecular complexity index is 288. The standard InChI is InChI=1S/C3H6N4O2S/c1-10(8,9)3-7-2-4-5-6-7/h2H,3H2,1H3. The van der Waals surface area contributed by atoms with Crippen LogP contribution in [0.5, 0.6) is 0 Å². The van der Waals surface area contributed by atoms with E-state index in [1.807, 2.05) is 0 Å². The molecule has 0 bridgehead atoms. The van der Waals surface area contributed by atoms with Gasteiger partial charge in [-0.15, -0.1) is 5.10 Å². The van der Waals surface area contributed by atoms with Crippen molar-refractivity contribution in [3.05, 3.63) is 6.33 Å². The second-order valence-electron chi connectivity index (χ2n) is 1.90. The first-order valence-electron chi connectivity index (χ1n) is 2.46. The summed E-state index contributed by atoms with van der Waals surface area (Å²) in [6, 6.07) is 0. The number of hydrogen-bond donors (Lipinski definition) is 0. The van der Waals surface area contributed by atoms with Crippen LogP contribution < -0.4 is 0 Å². The van der Waals surface area contributed by atoms with Crippen LogP contribution in [0.3, 0.4) is 0 Å². The minimum absolute atomic E-state index is 0.167. The fourth-order valence-corrected chi connectivity index (χ4v) is 1.08. The fraction of sp³-hybridized carbons (Fsp3) is 0.667. The first-order chi connectivity index (χ1) is 4.58. The van der Waals surface area contributed by atoms with Crippen LogP contribution in [-0.4, -0.2) is 34.9 Å². The smallest absolute Gasteiger partial charge is 0.167 e. The molecular formula is C3H6N4O2S. The quantitative estimate of drug-likeness (QED) is 0.538. The van der Waals surface area contributed by atoms with Crippen molar-refractivity contribution in [2.24, 2.45) is 0 Å². The summed E-state index contributed by atoms with van der Waals surface area (Å²) in [4.78, 5) is 0. The molecule has 0 spiro atoms. The summed E-state index contributed by atoms with van der Waals surface area (Å²) < 4.78 is 22.3. The van der Waals surface area contributed by atoms with E-state index in [2.05, 4.69) is 15.5 Å². The zero-order valence-corrected chi connectivity index (χ0v) is 6.11. The molecule has 0 amide bonds. The molecule has 0 atom stereocenters. The van der Waals surface area contributed by atoms with Crippen molar-refractivity contribution in [3.63, 3.8) is 0 Å². The van der Waals surface area contributed by atoms with E-state index in [1.165, 1.54) is 6.33 Å². The molecule has 0 saturated heterocycles. The van der Waals surface area contributed by atoms with Crippen LogP contribution in [0, 0.1) is 0 Å². The van der Waals surface area contributed by atoms with Gasteiger partial charge in [0.25, 0.3) is 0 Å². The molecule has 56 valence electrons. The third kappa shape index (κ3) is 2.09. The largest absolute Gasteiger partial charge is 0.227 e. The number of sulfone groups is 1. The Hall–Kier alpha value is -0.980. The maximum atomic E-state index is 10.6. The van der Waals surface area contributed by atoms with Crippen molar-refractivity contribution in [1.82, 2.24) is 20.2 Å². The molecule has 0 unspecified atom stereocenters. The van der Waals surface area contributed by atoms with Gasteiger partial charge >= 0.3 is 0 Å². The molecule has 1 aromatic heterocycles. The van der Waals surface area contributed by atoms with Crippen LogP contribution in [0.1, 0.15) is 0 Å². The second kappa shape index (κ2) is 2.33. The van der Waals surface area contributed by atoms with Crippen LogP contribution in [0.4, 0.5) is 0 Å². The predicted molar refractivity (Wildman–Crippen MR) is 32.7 cm³/mol. The average Bonchev–Trinajstić information content (AvgIpc) is 2.12. The SMILES string of the molecule is CS(=O)(=O)Cn1cnnn1. The average molecular weight is 162 g/mol. The van der Waals surface area contributed by atoms with Crippen molar-refractivity contribution >= 4 is 9.84 Å². The van der Waals surface area contributed by atoms with E-state index in [9.17, 15) is 8.42 Å². The highest BCUT2D eigenvalue weighted by atomic mass is 32.2. The molecule has 0 fully saturated rings. The highest BCUT2D eigenvalue weighted by molar-refractivity contribution is 7.89. The Labute approximate surface area is 57.8 Å². The van der Waals surface area contributed by atoms with Gasteiger partial charge in [0.1, 0.15) is 12.2 Å². The zero-order chi connectivity index (χ0) is 7.61. The fourth-order valence-electron chi connectivity index (χ4n) is 0.480. The van der Waals surface area contributed by atoms with E-state index in [4.69, 9.17) is 0 Å². The number of rotatable bonds is 2. The molecule has 0 N–H and O–H groups in total. The summed E-state index contributed by atoms with van der Waals surface area (Å²) in [6.45, 7) is 0. The van der Waals surface area contributed by atoms with Gasteiger partial charge in [-0.1, -0.05) is 0 Å². The van der Waals surface area contributed by atoms with Crippen LogP contribution in [0.2, 0.25) is 0 Å². The summed E-state index contributed by atoms with van der Waals surface area (Å²) in [6.07, 6.45) is 2.37. The van der Waals surface area contributed by atoms with E-state index < -0.39 is 9.84 Å². The Kier molecular flexibility index (Phi) is 1.66. The van der Waals surface area contributed by atoms with Crippen molar-refractivity contribution in [2.75, 3.05) is 6.26 Å². The van der Waals surface area contributed by atoms with Gasteiger partial charge in [0.05, 0.1) is 0 Å². The molecule has 1 rings (SSSR count). The van der Waals surface area contributed by atoms with Gasteiger partial charge in [-0.3, -0.25) is 0 Å². The maximum absolute atomic E-state index is 10.6. The Morgan fingerprint density at radius 2 is 2.30 bits per heavy atom. The molecule has 1 aromatic rings. The van der Waals surface area contributed by atoms with Crippen molar-refractivity contribution in [2.45, 2.75) is 5.88 Å². The van der Waals surface area contributed by atoms with Gasteiger partial charge in [0.2, 0.25) is 0 Å². The van der Waals surface area contributed by atoms with E-state index in [1.54, 1.807) is 0 Å². The van der Waals surface area contributed by atoms with E-state index in [0.29, 0.717) is 0 Å². The van der Waals surface area contributed by atoms with Crippen molar-refractivity contribution in [3.8, 4) is 0 Å². The molecular weight excluding hydrogens is 156 g/mol. The Morgan fingerprint density at radius 1 is 1.60 bits per heavy atom. The van der Waals surface area contributed by atoms with Gasteiger partial charge in [-0.2, -0.15) is 0 Å². The zero-order valence-electron chi connectivity index (χ0n) is 5.30. The summed E-state index contributed by atoms with van der Waals surface area (Å²) in [5, 5.41) is 9.93. The topological polar surface area (TPSA) is 77.7 Å². The molecule has 1 heterocycles. The first kappa shape index (κ1) is 7.13. The van der Waals surface area contributed by atoms with E-state index >= 15 is 0 Å². The summed E-state index contributed by atoms with van der Waals surface area (Å²) >= 11 is 0. The van der Waals surface area contributed by atoms with Gasteiger partial charge < -0.3 is 0 Å². The molecule has 0 radical (unpaired) electrons. The van der Waals surface area contributed by atoms with Crippen LogP contribution >= 0.6 is 0 Å². The third-order valence-electron chi connectivity index (χ3n) is 0.758. The van der Waals surface area contributed by atoms with Crippen LogP contribution in [0.25, 0.3) is 0 Å². The molecule has 0 aliphatic heterocycles. The first-order valence-corrected chi connectivity index (χ1v) is 4.52. The van der Waals surface area contributed by atoms with E-state index in [-0.39, 0.29) is 5.88 Å². The minimum atomic E-state index is -3.03. The van der Waals surface area contributed by atoms with Crippen molar-refractivity contribution in [1.29, 1.82) is 0 Å². The monoisotopic (exact) mass is 162 g/mol. The molecule has 6 nitrogen and oxygen atoms in total. The lowest BCUT2D eigenvalue weighted by Gasteiger charge is -1.93. The third-order valence-corrected chi connectivity index (χ3v) is 1.49. The van der Waals surface area contributed by atoms with E-state index in [0.717, 1.165) is 10.9 Å². The number of hydrogen-bond acceptors (Lipinski definition) is 5. The number of tetrazole rings is 1. The molecule has 0 aromatic carbocycles. The molecule has 0 aliphatic carbocycles. The predicted octanol–water partition coefficient (Wildman–Crippen LogP) is -1.32. The summed E-state index contributed by atoms with van der Waals surface area (Å²) in [5.41, 5.74) is 0. The lowest BCUT2D eigenvalue weighted by molar-refractivity contribution is 0.577. The lowest BCUT2D eigenvalue weighted by atomic mass is 11.2. The van der Waals surface area contributed by atoms with Crippen LogP contribution in [-0.2, 0) is 15.7 Å². The van der Waals surface area contributed by atoms with Gasteiger partial charge in [0, 0.05) is 6.26 Å². The van der Waals surface area contributed by atoms with Gasteiger partial charge in [0.15, 0.2) is 9.84 Å². The second-order valence-corrected chi connectivity index (χ2v) is 4.01. The van der Waals surface area contributed by atoms with Crippen molar-refractivity contribution < 1.29 is 8.42 Å². The van der Waals surface area contributed by atoms with Crippen LogP contribution in [0.15, 0.2) is 6.33 Å². The molecule has 0 saturated carbocycles. The molecule has 10 heavy (non-hydrogen) atoms. The highest BCUT2D eigenvalue weighted by Gasteiger charge is 2.02. The Balaban J connectivity index is 2.75. The minimum Gasteiger partial charge on any atom is -0.227 e. The number of nitrogens with zero attached hydrogens (tertiary/aromatic N) is 4.